The Morgan fingerprint density at radius 1 is 1.53 bits per heavy atom. The molecule has 1 heterocycles. The van der Waals surface area contributed by atoms with E-state index >= 15 is 0 Å². The van der Waals surface area contributed by atoms with Gasteiger partial charge in [-0.15, -0.1) is 5.92 Å². The molecular formula is C12H14ClCsO2S. The second kappa shape index (κ2) is 8.07. The summed E-state index contributed by atoms with van der Waals surface area (Å²) in [6, 6.07) is 5.78. The molecule has 0 bridgehead atoms. The molecule has 2 nitrogen and oxygen atoms in total. The Morgan fingerprint density at radius 3 is 2.88 bits per heavy atom. The molecule has 1 aliphatic heterocycles. The van der Waals surface area contributed by atoms with Crippen LogP contribution in [0.2, 0.25) is 5.02 Å². The minimum atomic E-state index is 0. The van der Waals surface area contributed by atoms with E-state index in [0.717, 1.165) is 11.3 Å². The molecule has 0 aliphatic carbocycles. The summed E-state index contributed by atoms with van der Waals surface area (Å²) in [6.07, 6.45) is 1.05. The van der Waals surface area contributed by atoms with Gasteiger partial charge in [-0.25, -0.2) is 6.61 Å². The van der Waals surface area contributed by atoms with Crippen LogP contribution in [0.5, 0.6) is 5.75 Å². The molecule has 88 valence electrons. The van der Waals surface area contributed by atoms with Crippen LogP contribution in [0.25, 0.3) is 0 Å². The van der Waals surface area contributed by atoms with Crippen LogP contribution in [0.3, 0.4) is 0 Å². The fraction of sp³-hybridized carbons (Fsp3) is 0.417. The molecule has 0 aromatic heterocycles. The molecule has 0 N–H and O–H groups in total. The Hall–Kier alpha value is 1.67. The average molecular weight is 391 g/mol. The van der Waals surface area contributed by atoms with Crippen LogP contribution >= 0.6 is 23.4 Å². The molecule has 2 atom stereocenters. The summed E-state index contributed by atoms with van der Waals surface area (Å²) in [5, 5.41) is 0.638. The third kappa shape index (κ3) is 4.93. The van der Waals surface area contributed by atoms with Gasteiger partial charge in [0.1, 0.15) is 5.75 Å². The third-order valence-electron chi connectivity index (χ3n) is 2.42. The van der Waals surface area contributed by atoms with Crippen molar-refractivity contribution < 1.29 is 78.4 Å². The Balaban J connectivity index is 0.00000144. The first kappa shape index (κ1) is 16.7. The van der Waals surface area contributed by atoms with Gasteiger partial charge in [-0.05, 0) is 24.6 Å². The van der Waals surface area contributed by atoms with Crippen LogP contribution in [0.15, 0.2) is 23.1 Å². The smallest absolute Gasteiger partial charge is 0.542 e. The predicted octanol–water partition coefficient (Wildman–Crippen LogP) is 0.989. The van der Waals surface area contributed by atoms with E-state index in [4.69, 9.17) is 21.1 Å². The minimum Gasteiger partial charge on any atom is -0.542 e. The average Bonchev–Trinajstić information content (AvgIpc) is 2.67. The van der Waals surface area contributed by atoms with Crippen LogP contribution in [0, 0.1) is 12.5 Å². The molecule has 0 saturated carbocycles. The fourth-order valence-corrected chi connectivity index (χ4v) is 2.92. The summed E-state index contributed by atoms with van der Waals surface area (Å²) in [5.74, 6) is 1.24. The zero-order chi connectivity index (χ0) is 11.5. The van der Waals surface area contributed by atoms with Crippen LogP contribution in [-0.4, -0.2) is 12.5 Å². The summed E-state index contributed by atoms with van der Waals surface area (Å²) in [5.41, 5.74) is 0.209. The number of rotatable bonds is 3. The van der Waals surface area contributed by atoms with Crippen molar-refractivity contribution >= 4 is 23.4 Å². The molecule has 2 rings (SSSR count). The van der Waals surface area contributed by atoms with Crippen molar-refractivity contribution in [2.24, 2.45) is 5.92 Å². The topological polar surface area (TPSA) is 18.5 Å². The van der Waals surface area contributed by atoms with Crippen molar-refractivity contribution in [1.29, 1.82) is 0 Å². The Bertz CT molecular complexity index is 376. The molecule has 5 heteroatoms. The molecule has 1 unspecified atom stereocenters. The van der Waals surface area contributed by atoms with Crippen molar-refractivity contribution in [2.75, 3.05) is 7.11 Å². The van der Waals surface area contributed by atoms with Gasteiger partial charge in [-0.3, -0.25) is 0 Å². The first-order chi connectivity index (χ1) is 7.69. The number of halogens is 1. The summed E-state index contributed by atoms with van der Waals surface area (Å²) in [7, 11) is 1.62. The van der Waals surface area contributed by atoms with E-state index in [1.807, 2.05) is 24.8 Å². The molecule has 1 aromatic carbocycles. The van der Waals surface area contributed by atoms with E-state index in [9.17, 15) is 0 Å². The van der Waals surface area contributed by atoms with E-state index in [1.165, 1.54) is 0 Å². The first-order valence-electron chi connectivity index (χ1n) is 5.18. The van der Waals surface area contributed by atoms with E-state index < -0.39 is 0 Å². The van der Waals surface area contributed by atoms with Gasteiger partial charge in [0.05, 0.1) is 17.6 Å². The number of hydrogen-bond donors (Lipinski definition) is 0. The van der Waals surface area contributed by atoms with Crippen molar-refractivity contribution in [3.05, 3.63) is 29.8 Å². The molecule has 0 amide bonds. The Morgan fingerprint density at radius 2 is 2.29 bits per heavy atom. The van der Waals surface area contributed by atoms with Gasteiger partial charge >= 0.3 is 68.9 Å². The molecule has 17 heavy (non-hydrogen) atoms. The molecule has 0 spiro atoms. The summed E-state index contributed by atoms with van der Waals surface area (Å²) >= 11 is 7.67. The van der Waals surface area contributed by atoms with Gasteiger partial charge in [0.25, 0.3) is 0 Å². The zero-order valence-corrected chi connectivity index (χ0v) is 18.1. The standard InChI is InChI=1S/C12H14ClO2S.Cs/c1-8-5-12(15-7-8)16-9-3-4-10(13)11(6-9)14-2;/h3-4,6-8,12H,5H2,1-2H3;/q-1;+1/t8-,12?;/m1./s1. The van der Waals surface area contributed by atoms with E-state index in [0.29, 0.717) is 16.7 Å². The molecule has 1 fully saturated rings. The fourth-order valence-electron chi connectivity index (χ4n) is 1.58. The van der Waals surface area contributed by atoms with Crippen molar-refractivity contribution in [2.45, 2.75) is 23.7 Å². The van der Waals surface area contributed by atoms with Crippen molar-refractivity contribution in [3.63, 3.8) is 0 Å². The normalized spacial score (nSPS) is 23.2. The van der Waals surface area contributed by atoms with Gasteiger partial charge in [0.2, 0.25) is 0 Å². The van der Waals surface area contributed by atoms with Crippen LogP contribution < -0.4 is 73.6 Å². The summed E-state index contributed by atoms with van der Waals surface area (Å²) in [4.78, 5) is 1.12. The predicted molar refractivity (Wildman–Crippen MR) is 66.8 cm³/mol. The molecule has 1 aliphatic rings. The maximum Gasteiger partial charge on any atom is 1.00 e. The SMILES string of the molecule is COc1cc(SC2C[C@@H](C)[CH-]O2)ccc1Cl.[Cs+]. The van der Waals surface area contributed by atoms with Crippen molar-refractivity contribution in [3.8, 4) is 5.75 Å². The second-order valence-corrected chi connectivity index (χ2v) is 5.47. The maximum atomic E-state index is 5.96. The van der Waals surface area contributed by atoms with Gasteiger partial charge in [-0.1, -0.05) is 30.3 Å². The van der Waals surface area contributed by atoms with Crippen LogP contribution in [0.4, 0.5) is 0 Å². The van der Waals surface area contributed by atoms with Gasteiger partial charge < -0.3 is 9.47 Å². The van der Waals surface area contributed by atoms with E-state index in [1.54, 1.807) is 18.9 Å². The van der Waals surface area contributed by atoms with Crippen LogP contribution in [-0.2, 0) is 4.74 Å². The van der Waals surface area contributed by atoms with Gasteiger partial charge in [0, 0.05) is 4.90 Å². The molecular weight excluding hydrogens is 377 g/mol. The Kier molecular flexibility index (Phi) is 7.94. The number of hydrogen-bond acceptors (Lipinski definition) is 3. The maximum absolute atomic E-state index is 5.96. The zero-order valence-electron chi connectivity index (χ0n) is 10.3. The van der Waals surface area contributed by atoms with E-state index in [2.05, 4.69) is 6.92 Å². The number of benzene rings is 1. The first-order valence-corrected chi connectivity index (χ1v) is 6.44. The minimum absolute atomic E-state index is 0. The summed E-state index contributed by atoms with van der Waals surface area (Å²) < 4.78 is 10.7. The number of methoxy groups -OCH3 is 1. The number of thioether (sulfide) groups is 1. The van der Waals surface area contributed by atoms with Gasteiger partial charge in [-0.2, -0.15) is 0 Å². The third-order valence-corrected chi connectivity index (χ3v) is 3.82. The molecule has 1 aromatic rings. The molecule has 0 radical (unpaired) electrons. The largest absolute Gasteiger partial charge is 1.00 e. The number of ether oxygens (including phenoxy) is 2. The quantitative estimate of drug-likeness (QED) is 0.717. The van der Waals surface area contributed by atoms with Gasteiger partial charge in [0.15, 0.2) is 0 Å². The Labute approximate surface area is 171 Å². The van der Waals surface area contributed by atoms with Crippen molar-refractivity contribution in [1.82, 2.24) is 0 Å². The van der Waals surface area contributed by atoms with E-state index in [-0.39, 0.29) is 74.3 Å². The summed E-state index contributed by atoms with van der Waals surface area (Å²) in [6.45, 7) is 4.06. The van der Waals surface area contributed by atoms with Crippen LogP contribution in [0.1, 0.15) is 13.3 Å². The molecule has 1 saturated heterocycles. The second-order valence-electron chi connectivity index (χ2n) is 3.83. The monoisotopic (exact) mass is 390 g/mol.